The SMILES string of the molecule is Cn1c(Cn2cccn2)nnc1C1CCN(C(=O)CCn2cccn2)CC1. The van der Waals surface area contributed by atoms with Gasteiger partial charge in [-0.05, 0) is 25.0 Å². The second kappa shape index (κ2) is 7.73. The third kappa shape index (κ3) is 3.91. The first kappa shape index (κ1) is 17.4. The lowest BCUT2D eigenvalue weighted by molar-refractivity contribution is -0.132. The Labute approximate surface area is 157 Å². The Morgan fingerprint density at radius 1 is 1.07 bits per heavy atom. The van der Waals surface area contributed by atoms with Crippen LogP contribution in [-0.2, 0) is 24.9 Å². The van der Waals surface area contributed by atoms with Crippen LogP contribution >= 0.6 is 0 Å². The quantitative estimate of drug-likeness (QED) is 0.649. The predicted molar refractivity (Wildman–Crippen MR) is 97.7 cm³/mol. The number of aromatic nitrogens is 7. The largest absolute Gasteiger partial charge is 0.343 e. The lowest BCUT2D eigenvalue weighted by atomic mass is 9.95. The van der Waals surface area contributed by atoms with Crippen molar-refractivity contribution in [2.75, 3.05) is 13.1 Å². The van der Waals surface area contributed by atoms with E-state index in [0.29, 0.717) is 25.4 Å². The molecule has 0 aliphatic carbocycles. The van der Waals surface area contributed by atoms with Gasteiger partial charge in [-0.25, -0.2) is 0 Å². The van der Waals surface area contributed by atoms with Crippen LogP contribution in [0.3, 0.4) is 0 Å². The Balaban J connectivity index is 1.31. The molecule has 0 atom stereocenters. The Kier molecular flexibility index (Phi) is 4.99. The molecule has 1 fully saturated rings. The van der Waals surface area contributed by atoms with Gasteiger partial charge in [0.15, 0.2) is 5.82 Å². The second-order valence-corrected chi connectivity index (χ2v) is 6.91. The second-order valence-electron chi connectivity index (χ2n) is 6.91. The molecule has 3 aromatic rings. The van der Waals surface area contributed by atoms with Gasteiger partial charge in [0.05, 0.1) is 0 Å². The number of piperidine rings is 1. The maximum Gasteiger partial charge on any atom is 0.224 e. The summed E-state index contributed by atoms with van der Waals surface area (Å²) in [5, 5.41) is 17.1. The zero-order valence-corrected chi connectivity index (χ0v) is 15.5. The summed E-state index contributed by atoms with van der Waals surface area (Å²) in [5.41, 5.74) is 0. The molecule has 0 unspecified atom stereocenters. The third-order valence-electron chi connectivity index (χ3n) is 5.19. The van der Waals surface area contributed by atoms with Crippen molar-refractivity contribution in [3.63, 3.8) is 0 Å². The molecule has 27 heavy (non-hydrogen) atoms. The molecular weight excluding hydrogens is 344 g/mol. The van der Waals surface area contributed by atoms with Crippen LogP contribution in [0.1, 0.15) is 36.8 Å². The minimum atomic E-state index is 0.196. The summed E-state index contributed by atoms with van der Waals surface area (Å²) < 4.78 is 5.71. The maximum absolute atomic E-state index is 12.4. The molecule has 4 rings (SSSR count). The van der Waals surface area contributed by atoms with Gasteiger partial charge in [0.25, 0.3) is 0 Å². The average Bonchev–Trinajstić information content (AvgIpc) is 3.44. The van der Waals surface area contributed by atoms with E-state index in [1.807, 2.05) is 41.2 Å². The highest BCUT2D eigenvalue weighted by atomic mass is 16.2. The number of rotatable bonds is 6. The van der Waals surface area contributed by atoms with Gasteiger partial charge < -0.3 is 9.47 Å². The number of hydrogen-bond donors (Lipinski definition) is 0. The van der Waals surface area contributed by atoms with E-state index in [1.165, 1.54) is 0 Å². The Morgan fingerprint density at radius 2 is 1.78 bits per heavy atom. The normalized spacial score (nSPS) is 15.4. The lowest BCUT2D eigenvalue weighted by Crippen LogP contribution is -2.38. The molecule has 0 bridgehead atoms. The average molecular weight is 368 g/mol. The number of aryl methyl sites for hydroxylation is 1. The molecule has 3 aromatic heterocycles. The molecule has 9 nitrogen and oxygen atoms in total. The van der Waals surface area contributed by atoms with E-state index in [1.54, 1.807) is 17.1 Å². The Morgan fingerprint density at radius 3 is 2.44 bits per heavy atom. The molecule has 0 N–H and O–H groups in total. The van der Waals surface area contributed by atoms with E-state index in [2.05, 4.69) is 25.0 Å². The molecule has 1 amide bonds. The van der Waals surface area contributed by atoms with Crippen molar-refractivity contribution in [1.82, 2.24) is 39.2 Å². The molecule has 1 aliphatic heterocycles. The van der Waals surface area contributed by atoms with Crippen LogP contribution in [0.2, 0.25) is 0 Å². The van der Waals surface area contributed by atoms with E-state index in [9.17, 15) is 4.79 Å². The van der Waals surface area contributed by atoms with Crippen molar-refractivity contribution >= 4 is 5.91 Å². The van der Waals surface area contributed by atoms with Gasteiger partial charge in [0.2, 0.25) is 5.91 Å². The molecular formula is C18H24N8O. The first-order chi connectivity index (χ1) is 13.2. The monoisotopic (exact) mass is 368 g/mol. The molecule has 0 aromatic carbocycles. The predicted octanol–water partition coefficient (Wildman–Crippen LogP) is 1.05. The highest BCUT2D eigenvalue weighted by molar-refractivity contribution is 5.76. The van der Waals surface area contributed by atoms with Crippen LogP contribution in [0.15, 0.2) is 36.9 Å². The van der Waals surface area contributed by atoms with Gasteiger partial charge >= 0.3 is 0 Å². The van der Waals surface area contributed by atoms with Crippen molar-refractivity contribution in [2.24, 2.45) is 7.05 Å². The van der Waals surface area contributed by atoms with Crippen LogP contribution in [-0.4, -0.2) is 58.2 Å². The third-order valence-corrected chi connectivity index (χ3v) is 5.19. The summed E-state index contributed by atoms with van der Waals surface area (Å²) in [7, 11) is 2.01. The van der Waals surface area contributed by atoms with Crippen molar-refractivity contribution < 1.29 is 4.79 Å². The first-order valence-corrected chi connectivity index (χ1v) is 9.31. The van der Waals surface area contributed by atoms with Crippen LogP contribution in [0.25, 0.3) is 0 Å². The maximum atomic E-state index is 12.4. The number of carbonyl (C=O) groups excluding carboxylic acids is 1. The summed E-state index contributed by atoms with van der Waals surface area (Å²) in [6.45, 7) is 2.78. The van der Waals surface area contributed by atoms with E-state index < -0.39 is 0 Å². The van der Waals surface area contributed by atoms with Gasteiger partial charge in [-0.15, -0.1) is 10.2 Å². The molecule has 0 radical (unpaired) electrons. The van der Waals surface area contributed by atoms with Crippen molar-refractivity contribution in [3.8, 4) is 0 Å². The summed E-state index contributed by atoms with van der Waals surface area (Å²) in [6.07, 6.45) is 9.62. The fraction of sp³-hybridized carbons (Fsp3) is 0.500. The number of carbonyl (C=O) groups is 1. The fourth-order valence-electron chi connectivity index (χ4n) is 3.60. The lowest BCUT2D eigenvalue weighted by Gasteiger charge is -2.31. The van der Waals surface area contributed by atoms with Gasteiger partial charge in [0, 0.05) is 63.8 Å². The summed E-state index contributed by atoms with van der Waals surface area (Å²) in [6, 6.07) is 3.77. The number of amides is 1. The van der Waals surface area contributed by atoms with Crippen LogP contribution in [0.5, 0.6) is 0 Å². The highest BCUT2D eigenvalue weighted by Crippen LogP contribution is 2.27. The molecule has 0 saturated carbocycles. The highest BCUT2D eigenvalue weighted by Gasteiger charge is 2.27. The van der Waals surface area contributed by atoms with Crippen molar-refractivity contribution in [3.05, 3.63) is 48.6 Å². The van der Waals surface area contributed by atoms with Gasteiger partial charge in [0.1, 0.15) is 12.4 Å². The van der Waals surface area contributed by atoms with Crippen LogP contribution in [0.4, 0.5) is 0 Å². The molecule has 1 saturated heterocycles. The van der Waals surface area contributed by atoms with Crippen LogP contribution in [0, 0.1) is 0 Å². The minimum absolute atomic E-state index is 0.196. The van der Waals surface area contributed by atoms with Crippen LogP contribution < -0.4 is 0 Å². The van der Waals surface area contributed by atoms with Crippen molar-refractivity contribution in [2.45, 2.75) is 38.3 Å². The Bertz CT molecular complexity index is 859. The number of likely N-dealkylation sites (tertiary alicyclic amines) is 1. The fourth-order valence-corrected chi connectivity index (χ4v) is 3.60. The summed E-state index contributed by atoms with van der Waals surface area (Å²) in [5.74, 6) is 2.43. The van der Waals surface area contributed by atoms with Gasteiger partial charge in [-0.2, -0.15) is 10.2 Å². The smallest absolute Gasteiger partial charge is 0.224 e. The van der Waals surface area contributed by atoms with Gasteiger partial charge in [-0.1, -0.05) is 0 Å². The minimum Gasteiger partial charge on any atom is -0.343 e. The Hall–Kier alpha value is -2.97. The van der Waals surface area contributed by atoms with E-state index in [0.717, 1.165) is 37.6 Å². The number of nitrogens with zero attached hydrogens (tertiary/aromatic N) is 8. The standard InChI is InChI=1S/C18H24N8O/c1-23-16(14-26-10-3-8-20-26)21-22-18(23)15-4-11-24(12-5-15)17(27)6-13-25-9-2-7-19-25/h2-3,7-10,15H,4-6,11-14H2,1H3. The molecule has 1 aliphatic rings. The molecule has 9 heteroatoms. The zero-order chi connectivity index (χ0) is 18.6. The summed E-state index contributed by atoms with van der Waals surface area (Å²) >= 11 is 0. The zero-order valence-electron chi connectivity index (χ0n) is 15.5. The van der Waals surface area contributed by atoms with Gasteiger partial charge in [-0.3, -0.25) is 14.2 Å². The molecule has 142 valence electrons. The summed E-state index contributed by atoms with van der Waals surface area (Å²) in [4.78, 5) is 14.4. The molecule has 0 spiro atoms. The van der Waals surface area contributed by atoms with Crippen molar-refractivity contribution in [1.29, 1.82) is 0 Å². The first-order valence-electron chi connectivity index (χ1n) is 9.31. The van der Waals surface area contributed by atoms with E-state index in [4.69, 9.17) is 0 Å². The van der Waals surface area contributed by atoms with E-state index in [-0.39, 0.29) is 5.91 Å². The topological polar surface area (TPSA) is 86.7 Å². The number of hydrogen-bond acceptors (Lipinski definition) is 5. The van der Waals surface area contributed by atoms with E-state index >= 15 is 0 Å². The molecule has 4 heterocycles.